The number of nitrogens with one attached hydrogen (secondary N) is 1. The van der Waals surface area contributed by atoms with Gasteiger partial charge < -0.3 is 14.6 Å². The molecule has 2 aromatic rings. The molecule has 18 heavy (non-hydrogen) atoms. The SMILES string of the molecule is CN(C)C1COc2c(C=O)ccc3[nH]cc(c23)C1. The van der Waals surface area contributed by atoms with Crippen molar-refractivity contribution in [2.24, 2.45) is 0 Å². The van der Waals surface area contributed by atoms with Crippen LogP contribution in [0.5, 0.6) is 5.75 Å². The van der Waals surface area contributed by atoms with Crippen LogP contribution < -0.4 is 4.74 Å². The molecule has 4 nitrogen and oxygen atoms in total. The third-order valence-corrected chi connectivity index (χ3v) is 3.64. The van der Waals surface area contributed by atoms with Crippen LogP contribution in [0.3, 0.4) is 0 Å². The summed E-state index contributed by atoms with van der Waals surface area (Å²) in [6.07, 6.45) is 3.82. The van der Waals surface area contributed by atoms with Crippen LogP contribution in [0.2, 0.25) is 0 Å². The minimum Gasteiger partial charge on any atom is -0.490 e. The molecule has 0 saturated carbocycles. The zero-order valence-corrected chi connectivity index (χ0v) is 10.6. The number of rotatable bonds is 2. The van der Waals surface area contributed by atoms with Crippen LogP contribution in [0.15, 0.2) is 18.3 Å². The molecule has 1 aromatic heterocycles. The van der Waals surface area contributed by atoms with Gasteiger partial charge in [0.05, 0.1) is 5.56 Å². The summed E-state index contributed by atoms with van der Waals surface area (Å²) in [6.45, 7) is 0.613. The van der Waals surface area contributed by atoms with E-state index < -0.39 is 0 Å². The van der Waals surface area contributed by atoms with Crippen LogP contribution in [0.25, 0.3) is 10.9 Å². The lowest BCUT2D eigenvalue weighted by Gasteiger charge is -2.22. The zero-order chi connectivity index (χ0) is 12.7. The van der Waals surface area contributed by atoms with E-state index in [9.17, 15) is 4.79 Å². The molecule has 0 saturated heterocycles. The van der Waals surface area contributed by atoms with Crippen molar-refractivity contribution in [2.45, 2.75) is 12.5 Å². The van der Waals surface area contributed by atoms with E-state index in [0.29, 0.717) is 18.2 Å². The molecule has 1 atom stereocenters. The maximum absolute atomic E-state index is 11.1. The molecule has 4 heteroatoms. The number of nitrogens with zero attached hydrogens (tertiary/aromatic N) is 1. The highest BCUT2D eigenvalue weighted by atomic mass is 16.5. The molecule has 0 radical (unpaired) electrons. The third kappa shape index (κ3) is 1.61. The van der Waals surface area contributed by atoms with Crippen molar-refractivity contribution in [1.29, 1.82) is 0 Å². The summed E-state index contributed by atoms with van der Waals surface area (Å²) in [4.78, 5) is 16.5. The number of aromatic nitrogens is 1. The molecule has 1 aliphatic heterocycles. The standard InChI is InChI=1S/C14H16N2O2/c1-16(2)11-5-10-6-15-12-4-3-9(7-17)14(13(10)12)18-8-11/h3-4,6-7,11,15H,5,8H2,1-2H3. The number of benzene rings is 1. The zero-order valence-electron chi connectivity index (χ0n) is 10.6. The summed E-state index contributed by atoms with van der Waals surface area (Å²) in [5.74, 6) is 0.725. The second-order valence-electron chi connectivity index (χ2n) is 4.97. The average molecular weight is 244 g/mol. The smallest absolute Gasteiger partial charge is 0.153 e. The van der Waals surface area contributed by atoms with Gasteiger partial charge in [-0.15, -0.1) is 0 Å². The van der Waals surface area contributed by atoms with Gasteiger partial charge in [-0.2, -0.15) is 0 Å². The molecule has 94 valence electrons. The number of aldehydes is 1. The van der Waals surface area contributed by atoms with Crippen LogP contribution in [-0.4, -0.2) is 42.9 Å². The van der Waals surface area contributed by atoms with Gasteiger partial charge in [0, 0.05) is 23.1 Å². The van der Waals surface area contributed by atoms with Crippen molar-refractivity contribution < 1.29 is 9.53 Å². The van der Waals surface area contributed by atoms with Crippen molar-refractivity contribution in [3.63, 3.8) is 0 Å². The van der Waals surface area contributed by atoms with Crippen molar-refractivity contribution in [3.05, 3.63) is 29.5 Å². The van der Waals surface area contributed by atoms with E-state index in [4.69, 9.17) is 4.74 Å². The predicted molar refractivity (Wildman–Crippen MR) is 70.4 cm³/mol. The van der Waals surface area contributed by atoms with Crippen LogP contribution >= 0.6 is 0 Å². The maximum atomic E-state index is 11.1. The molecular formula is C14H16N2O2. The molecule has 0 bridgehead atoms. The number of hydrogen-bond donors (Lipinski definition) is 1. The molecule has 1 unspecified atom stereocenters. The van der Waals surface area contributed by atoms with Gasteiger partial charge in [0.15, 0.2) is 6.29 Å². The monoisotopic (exact) mass is 244 g/mol. The van der Waals surface area contributed by atoms with Gasteiger partial charge in [-0.25, -0.2) is 0 Å². The Labute approximate surface area is 106 Å². The summed E-state index contributed by atoms with van der Waals surface area (Å²) < 4.78 is 5.88. The molecule has 0 amide bonds. The van der Waals surface area contributed by atoms with Crippen LogP contribution in [0.4, 0.5) is 0 Å². The number of carbonyl (C=O) groups is 1. The van der Waals surface area contributed by atoms with E-state index in [-0.39, 0.29) is 0 Å². The molecule has 1 N–H and O–H groups in total. The number of aromatic amines is 1. The van der Waals surface area contributed by atoms with Gasteiger partial charge >= 0.3 is 0 Å². The normalized spacial score (nSPS) is 18.7. The summed E-state index contributed by atoms with van der Waals surface area (Å²) >= 11 is 0. The van der Waals surface area contributed by atoms with E-state index in [1.54, 1.807) is 6.07 Å². The summed E-state index contributed by atoms with van der Waals surface area (Å²) in [7, 11) is 4.10. The number of carbonyl (C=O) groups excluding carboxylic acids is 1. The Morgan fingerprint density at radius 2 is 2.28 bits per heavy atom. The lowest BCUT2D eigenvalue weighted by atomic mass is 10.0. The Morgan fingerprint density at radius 1 is 1.44 bits per heavy atom. The van der Waals surface area contributed by atoms with Gasteiger partial charge in [-0.3, -0.25) is 4.79 Å². The van der Waals surface area contributed by atoms with Crippen molar-refractivity contribution in [1.82, 2.24) is 9.88 Å². The molecule has 0 aliphatic carbocycles. The van der Waals surface area contributed by atoms with E-state index >= 15 is 0 Å². The Kier molecular flexibility index (Phi) is 2.59. The van der Waals surface area contributed by atoms with Gasteiger partial charge in [-0.05, 0) is 38.2 Å². The lowest BCUT2D eigenvalue weighted by Crippen LogP contribution is -2.34. The Morgan fingerprint density at radius 3 is 3.00 bits per heavy atom. The second-order valence-corrected chi connectivity index (χ2v) is 4.97. The van der Waals surface area contributed by atoms with Gasteiger partial charge in [0.1, 0.15) is 12.4 Å². The highest BCUT2D eigenvalue weighted by Gasteiger charge is 2.23. The van der Waals surface area contributed by atoms with Crippen molar-refractivity contribution in [3.8, 4) is 5.75 Å². The predicted octanol–water partition coefficient (Wildman–Crippen LogP) is 1.85. The van der Waals surface area contributed by atoms with Crippen LogP contribution in [-0.2, 0) is 6.42 Å². The highest BCUT2D eigenvalue weighted by Crippen LogP contribution is 2.35. The fraction of sp³-hybridized carbons (Fsp3) is 0.357. The van der Waals surface area contributed by atoms with E-state index in [1.807, 2.05) is 12.3 Å². The first-order chi connectivity index (χ1) is 8.70. The first-order valence-corrected chi connectivity index (χ1v) is 6.08. The van der Waals surface area contributed by atoms with E-state index in [1.165, 1.54) is 5.56 Å². The topological polar surface area (TPSA) is 45.3 Å². The lowest BCUT2D eigenvalue weighted by molar-refractivity contribution is 0.111. The minimum atomic E-state index is 0.330. The Balaban J connectivity index is 2.19. The molecule has 3 rings (SSSR count). The van der Waals surface area contributed by atoms with E-state index in [2.05, 4.69) is 24.0 Å². The van der Waals surface area contributed by atoms with E-state index in [0.717, 1.165) is 29.4 Å². The van der Waals surface area contributed by atoms with Gasteiger partial charge in [0.2, 0.25) is 0 Å². The first kappa shape index (κ1) is 11.3. The number of likely N-dealkylation sites (N-methyl/N-ethyl adjacent to an activating group) is 1. The fourth-order valence-electron chi connectivity index (χ4n) is 2.51. The average Bonchev–Trinajstić information content (AvgIpc) is 2.65. The fourth-order valence-corrected chi connectivity index (χ4v) is 2.51. The number of hydrogen-bond acceptors (Lipinski definition) is 3. The van der Waals surface area contributed by atoms with Crippen LogP contribution in [0, 0.1) is 0 Å². The first-order valence-electron chi connectivity index (χ1n) is 6.08. The molecule has 1 aromatic carbocycles. The van der Waals surface area contributed by atoms with Gasteiger partial charge in [0.25, 0.3) is 0 Å². The molecule has 2 heterocycles. The third-order valence-electron chi connectivity index (χ3n) is 3.64. The Hall–Kier alpha value is -1.81. The second kappa shape index (κ2) is 4.14. The quantitative estimate of drug-likeness (QED) is 0.820. The number of ether oxygens (including phenoxy) is 1. The highest BCUT2D eigenvalue weighted by molar-refractivity contribution is 5.97. The largest absolute Gasteiger partial charge is 0.490 e. The summed E-state index contributed by atoms with van der Waals surface area (Å²) in [5, 5.41) is 1.06. The molecule has 0 fully saturated rings. The van der Waals surface area contributed by atoms with Crippen molar-refractivity contribution in [2.75, 3.05) is 20.7 Å². The summed E-state index contributed by atoms with van der Waals surface area (Å²) in [6, 6.07) is 4.07. The molecule has 1 aliphatic rings. The minimum absolute atomic E-state index is 0.330. The van der Waals surface area contributed by atoms with Crippen LogP contribution in [0.1, 0.15) is 15.9 Å². The van der Waals surface area contributed by atoms with Crippen molar-refractivity contribution >= 4 is 17.2 Å². The molecular weight excluding hydrogens is 228 g/mol. The maximum Gasteiger partial charge on any atom is 0.153 e. The molecule has 0 spiro atoms. The number of H-pyrrole nitrogens is 1. The summed E-state index contributed by atoms with van der Waals surface area (Å²) in [5.41, 5.74) is 2.88. The van der Waals surface area contributed by atoms with Gasteiger partial charge in [-0.1, -0.05) is 0 Å². The Bertz CT molecular complexity index is 601.